The van der Waals surface area contributed by atoms with Gasteiger partial charge >= 0.3 is 6.18 Å². The van der Waals surface area contributed by atoms with Gasteiger partial charge in [-0.25, -0.2) is 4.98 Å². The molecule has 1 saturated heterocycles. The van der Waals surface area contributed by atoms with Crippen LogP contribution in [0.2, 0.25) is 10.0 Å². The summed E-state index contributed by atoms with van der Waals surface area (Å²) in [6.45, 7) is 1.77. The number of pyridine rings is 1. The summed E-state index contributed by atoms with van der Waals surface area (Å²) in [4.78, 5) is 20.1. The van der Waals surface area contributed by atoms with Gasteiger partial charge in [0.15, 0.2) is 0 Å². The van der Waals surface area contributed by atoms with Crippen molar-refractivity contribution < 1.29 is 22.7 Å². The number of likely N-dealkylation sites (N-methyl/N-ethyl adjacent to an activating group) is 1. The van der Waals surface area contributed by atoms with Gasteiger partial charge in [0.25, 0.3) is 0 Å². The van der Waals surface area contributed by atoms with E-state index in [1.807, 2.05) is 4.90 Å². The van der Waals surface area contributed by atoms with E-state index in [0.717, 1.165) is 12.3 Å². The first-order valence-electron chi connectivity index (χ1n) is 9.76. The number of aromatic nitrogens is 1. The standard InChI is InChI=1S/C21H22Cl2F3N3O2/c1-28(10-11-31-17-4-2-16(22)3-5-17)20(30)14-6-8-29(9-7-14)19-18(23)12-15(13-27-19)21(24,25)26/h2-5,12-14H,6-11H2,1H3. The predicted molar refractivity (Wildman–Crippen MR) is 114 cm³/mol. The predicted octanol–water partition coefficient (Wildman–Crippen LogP) is 5.16. The number of benzene rings is 1. The van der Waals surface area contributed by atoms with Crippen molar-refractivity contribution in [3.8, 4) is 5.75 Å². The second kappa shape index (κ2) is 9.96. The lowest BCUT2D eigenvalue weighted by Gasteiger charge is -2.34. The Bertz CT molecular complexity index is 902. The molecule has 2 heterocycles. The Labute approximate surface area is 188 Å². The molecule has 1 aromatic carbocycles. The number of carbonyl (C=O) groups excluding carboxylic acids is 1. The van der Waals surface area contributed by atoms with Crippen LogP contribution in [0.3, 0.4) is 0 Å². The van der Waals surface area contributed by atoms with Crippen LogP contribution in [0.5, 0.6) is 5.75 Å². The lowest BCUT2D eigenvalue weighted by molar-refractivity contribution is -0.138. The highest BCUT2D eigenvalue weighted by Crippen LogP contribution is 2.34. The Kier molecular flexibility index (Phi) is 7.54. The maximum atomic E-state index is 12.8. The molecule has 5 nitrogen and oxygen atoms in total. The highest BCUT2D eigenvalue weighted by molar-refractivity contribution is 6.33. The van der Waals surface area contributed by atoms with Gasteiger partial charge in [0.2, 0.25) is 5.91 Å². The van der Waals surface area contributed by atoms with E-state index in [1.165, 1.54) is 0 Å². The number of hydrogen-bond donors (Lipinski definition) is 0. The van der Waals surface area contributed by atoms with Crippen molar-refractivity contribution in [2.45, 2.75) is 19.0 Å². The summed E-state index contributed by atoms with van der Waals surface area (Å²) in [6, 6.07) is 7.88. The minimum Gasteiger partial charge on any atom is -0.492 e. The van der Waals surface area contributed by atoms with Crippen molar-refractivity contribution in [3.63, 3.8) is 0 Å². The number of anilines is 1. The SMILES string of the molecule is CN(CCOc1ccc(Cl)cc1)C(=O)C1CCN(c2ncc(C(F)(F)F)cc2Cl)CC1. The molecule has 1 fully saturated rings. The molecule has 0 spiro atoms. The molecule has 0 N–H and O–H groups in total. The van der Waals surface area contributed by atoms with Gasteiger partial charge in [-0.1, -0.05) is 23.2 Å². The molecule has 1 aliphatic rings. The number of hydrogen-bond acceptors (Lipinski definition) is 4. The van der Waals surface area contributed by atoms with Crippen LogP contribution in [0.15, 0.2) is 36.5 Å². The van der Waals surface area contributed by atoms with Crippen LogP contribution in [-0.4, -0.2) is 49.1 Å². The van der Waals surface area contributed by atoms with Crippen LogP contribution in [0, 0.1) is 5.92 Å². The first-order chi connectivity index (χ1) is 14.6. The monoisotopic (exact) mass is 475 g/mol. The Balaban J connectivity index is 1.48. The molecule has 0 unspecified atom stereocenters. The third-order valence-corrected chi connectivity index (χ3v) is 5.71. The van der Waals surface area contributed by atoms with Crippen LogP contribution in [0.1, 0.15) is 18.4 Å². The third kappa shape index (κ3) is 6.17. The summed E-state index contributed by atoms with van der Waals surface area (Å²) >= 11 is 11.9. The van der Waals surface area contributed by atoms with E-state index < -0.39 is 11.7 Å². The highest BCUT2D eigenvalue weighted by atomic mass is 35.5. The number of carbonyl (C=O) groups is 1. The van der Waals surface area contributed by atoms with Crippen molar-refractivity contribution in [2.75, 3.05) is 38.2 Å². The van der Waals surface area contributed by atoms with Crippen LogP contribution < -0.4 is 9.64 Å². The topological polar surface area (TPSA) is 45.7 Å². The Hall–Kier alpha value is -2.19. The second-order valence-corrected chi connectivity index (χ2v) is 8.19. The number of nitrogens with zero attached hydrogens (tertiary/aromatic N) is 3. The lowest BCUT2D eigenvalue weighted by atomic mass is 9.95. The van der Waals surface area contributed by atoms with Crippen molar-refractivity contribution >= 4 is 34.9 Å². The molecular formula is C21H22Cl2F3N3O2. The maximum absolute atomic E-state index is 12.8. The van der Waals surface area contributed by atoms with E-state index in [-0.39, 0.29) is 16.8 Å². The van der Waals surface area contributed by atoms with E-state index in [0.29, 0.717) is 55.7 Å². The smallest absolute Gasteiger partial charge is 0.417 e. The van der Waals surface area contributed by atoms with Crippen molar-refractivity contribution in [1.29, 1.82) is 0 Å². The average molecular weight is 476 g/mol. The summed E-state index contributed by atoms with van der Waals surface area (Å²) in [5.41, 5.74) is -0.881. The number of halogens is 5. The van der Waals surface area contributed by atoms with Gasteiger partial charge in [0, 0.05) is 37.3 Å². The normalized spacial score (nSPS) is 15.1. The number of ether oxygens (including phenoxy) is 1. The number of alkyl halides is 3. The first kappa shape index (κ1) is 23.5. The molecule has 0 atom stereocenters. The summed E-state index contributed by atoms with van der Waals surface area (Å²) in [5.74, 6) is 0.848. The fourth-order valence-corrected chi connectivity index (χ4v) is 3.82. The van der Waals surface area contributed by atoms with E-state index in [2.05, 4.69) is 4.98 Å². The minimum absolute atomic E-state index is 0.0193. The summed E-state index contributed by atoms with van der Waals surface area (Å²) in [7, 11) is 1.73. The van der Waals surface area contributed by atoms with E-state index >= 15 is 0 Å². The highest BCUT2D eigenvalue weighted by Gasteiger charge is 2.33. The van der Waals surface area contributed by atoms with E-state index in [1.54, 1.807) is 36.2 Å². The zero-order valence-corrected chi connectivity index (χ0v) is 18.3. The molecular weight excluding hydrogens is 454 g/mol. The largest absolute Gasteiger partial charge is 0.492 e. The number of piperidine rings is 1. The fourth-order valence-electron chi connectivity index (χ4n) is 3.41. The average Bonchev–Trinajstić information content (AvgIpc) is 2.74. The summed E-state index contributed by atoms with van der Waals surface area (Å²) < 4.78 is 44.0. The molecule has 2 aromatic rings. The van der Waals surface area contributed by atoms with Gasteiger partial charge in [-0.15, -0.1) is 0 Å². The van der Waals surface area contributed by atoms with Crippen molar-refractivity contribution in [1.82, 2.24) is 9.88 Å². The molecule has 0 aliphatic carbocycles. The van der Waals surface area contributed by atoms with Crippen molar-refractivity contribution in [3.05, 3.63) is 52.1 Å². The van der Waals surface area contributed by atoms with E-state index in [4.69, 9.17) is 27.9 Å². The van der Waals surface area contributed by atoms with Gasteiger partial charge in [-0.05, 0) is 43.2 Å². The molecule has 31 heavy (non-hydrogen) atoms. The Morgan fingerprint density at radius 2 is 1.87 bits per heavy atom. The number of amides is 1. The van der Waals surface area contributed by atoms with Crippen molar-refractivity contribution in [2.24, 2.45) is 5.92 Å². The number of rotatable bonds is 6. The first-order valence-corrected chi connectivity index (χ1v) is 10.5. The van der Waals surface area contributed by atoms with Crippen LogP contribution in [-0.2, 0) is 11.0 Å². The van der Waals surface area contributed by atoms with Gasteiger partial charge in [0.05, 0.1) is 17.1 Å². The maximum Gasteiger partial charge on any atom is 0.417 e. The molecule has 0 radical (unpaired) electrons. The quantitative estimate of drug-likeness (QED) is 0.578. The molecule has 1 aromatic heterocycles. The van der Waals surface area contributed by atoms with Gasteiger partial charge in [-0.2, -0.15) is 13.2 Å². The molecule has 0 saturated carbocycles. The van der Waals surface area contributed by atoms with Crippen LogP contribution in [0.25, 0.3) is 0 Å². The van der Waals surface area contributed by atoms with E-state index in [9.17, 15) is 18.0 Å². The van der Waals surface area contributed by atoms with Crippen LogP contribution in [0.4, 0.5) is 19.0 Å². The molecule has 0 bridgehead atoms. The fraction of sp³-hybridized carbons (Fsp3) is 0.429. The summed E-state index contributed by atoms with van der Waals surface area (Å²) in [5, 5.41) is 0.579. The summed E-state index contributed by atoms with van der Waals surface area (Å²) in [6.07, 6.45) is -2.57. The molecule has 3 rings (SSSR count). The minimum atomic E-state index is -4.49. The zero-order chi connectivity index (χ0) is 22.6. The molecule has 10 heteroatoms. The third-order valence-electron chi connectivity index (χ3n) is 5.18. The van der Waals surface area contributed by atoms with Crippen LogP contribution >= 0.6 is 23.2 Å². The zero-order valence-electron chi connectivity index (χ0n) is 16.8. The van der Waals surface area contributed by atoms with Gasteiger partial charge in [-0.3, -0.25) is 4.79 Å². The van der Waals surface area contributed by atoms with Gasteiger partial charge < -0.3 is 14.5 Å². The molecule has 1 aliphatic heterocycles. The molecule has 168 valence electrons. The molecule has 1 amide bonds. The second-order valence-electron chi connectivity index (χ2n) is 7.35. The Morgan fingerprint density at radius 3 is 2.45 bits per heavy atom. The van der Waals surface area contributed by atoms with Gasteiger partial charge in [0.1, 0.15) is 18.2 Å². The Morgan fingerprint density at radius 1 is 1.23 bits per heavy atom. The lowest BCUT2D eigenvalue weighted by Crippen LogP contribution is -2.42.